The average Bonchev–Trinajstić information content (AvgIpc) is 2.48. The summed E-state index contributed by atoms with van der Waals surface area (Å²) in [6.07, 6.45) is 0. The molecule has 0 amide bonds. The zero-order valence-corrected chi connectivity index (χ0v) is 12.7. The summed E-state index contributed by atoms with van der Waals surface area (Å²) in [4.78, 5) is 0. The van der Waals surface area contributed by atoms with Crippen molar-refractivity contribution in [1.29, 1.82) is 5.41 Å². The van der Waals surface area contributed by atoms with Crippen molar-refractivity contribution in [2.75, 3.05) is 0 Å². The Bertz CT molecular complexity index is 813. The van der Waals surface area contributed by atoms with Gasteiger partial charge in [-0.25, -0.2) is 0 Å². The zero-order chi connectivity index (χ0) is 14.8. The quantitative estimate of drug-likeness (QED) is 0.537. The molecule has 3 rings (SSSR count). The molecule has 4 heteroatoms. The van der Waals surface area contributed by atoms with E-state index in [1.165, 1.54) is 0 Å². The van der Waals surface area contributed by atoms with Crippen LogP contribution >= 0.6 is 15.9 Å². The summed E-state index contributed by atoms with van der Waals surface area (Å²) < 4.78 is 6.89. The molecular weight excluding hydrogens is 328 g/mol. The maximum absolute atomic E-state index is 7.37. The Morgan fingerprint density at radius 1 is 0.857 bits per heavy atom. The topological polar surface area (TPSA) is 59.1 Å². The number of amidine groups is 1. The summed E-state index contributed by atoms with van der Waals surface area (Å²) in [5.41, 5.74) is 6.12. The SMILES string of the molecule is N=C(N)c1ccc(Oc2ccc3cc(Br)ccc3c2)cc1. The molecule has 0 saturated carbocycles. The summed E-state index contributed by atoms with van der Waals surface area (Å²) in [7, 11) is 0. The number of nitrogen functional groups attached to an aromatic ring is 1. The van der Waals surface area contributed by atoms with Crippen molar-refractivity contribution in [3.05, 3.63) is 70.7 Å². The van der Waals surface area contributed by atoms with Gasteiger partial charge in [-0.05, 0) is 59.3 Å². The number of fused-ring (bicyclic) bond motifs is 1. The molecule has 0 unspecified atom stereocenters. The van der Waals surface area contributed by atoms with Gasteiger partial charge >= 0.3 is 0 Å². The van der Waals surface area contributed by atoms with Gasteiger partial charge in [-0.15, -0.1) is 0 Å². The Morgan fingerprint density at radius 2 is 1.48 bits per heavy atom. The third-order valence-corrected chi connectivity index (χ3v) is 3.67. The fourth-order valence-corrected chi connectivity index (χ4v) is 2.48. The zero-order valence-electron chi connectivity index (χ0n) is 11.1. The maximum Gasteiger partial charge on any atom is 0.128 e. The lowest BCUT2D eigenvalue weighted by Gasteiger charge is -2.08. The number of hydrogen-bond donors (Lipinski definition) is 2. The maximum atomic E-state index is 7.37. The van der Waals surface area contributed by atoms with E-state index in [2.05, 4.69) is 22.0 Å². The number of nitrogens with two attached hydrogens (primary N) is 1. The molecule has 104 valence electrons. The number of benzene rings is 3. The van der Waals surface area contributed by atoms with Gasteiger partial charge in [0.25, 0.3) is 0 Å². The number of rotatable bonds is 3. The number of hydrogen-bond acceptors (Lipinski definition) is 2. The summed E-state index contributed by atoms with van der Waals surface area (Å²) in [5, 5.41) is 9.65. The monoisotopic (exact) mass is 340 g/mol. The van der Waals surface area contributed by atoms with E-state index in [0.717, 1.165) is 26.7 Å². The van der Waals surface area contributed by atoms with Gasteiger partial charge < -0.3 is 10.5 Å². The lowest BCUT2D eigenvalue weighted by Crippen LogP contribution is -2.10. The van der Waals surface area contributed by atoms with Crippen LogP contribution in [0.3, 0.4) is 0 Å². The number of halogens is 1. The second-order valence-electron chi connectivity index (χ2n) is 4.69. The molecule has 0 atom stereocenters. The minimum Gasteiger partial charge on any atom is -0.457 e. The minimum absolute atomic E-state index is 0.0535. The van der Waals surface area contributed by atoms with Gasteiger partial charge in [0.05, 0.1) is 0 Å². The van der Waals surface area contributed by atoms with E-state index in [4.69, 9.17) is 15.9 Å². The first-order valence-corrected chi connectivity index (χ1v) is 7.23. The van der Waals surface area contributed by atoms with Crippen LogP contribution in [0.15, 0.2) is 65.1 Å². The predicted molar refractivity (Wildman–Crippen MR) is 89.2 cm³/mol. The lowest BCUT2D eigenvalue weighted by atomic mass is 10.1. The van der Waals surface area contributed by atoms with E-state index >= 15 is 0 Å². The van der Waals surface area contributed by atoms with Crippen molar-refractivity contribution in [3.63, 3.8) is 0 Å². The van der Waals surface area contributed by atoms with Crippen LogP contribution in [0.1, 0.15) is 5.56 Å². The highest BCUT2D eigenvalue weighted by Gasteiger charge is 2.02. The third kappa shape index (κ3) is 3.06. The molecule has 3 aromatic rings. The molecule has 0 aliphatic carbocycles. The Kier molecular flexibility index (Phi) is 3.62. The summed E-state index contributed by atoms with van der Waals surface area (Å²) in [6.45, 7) is 0. The highest BCUT2D eigenvalue weighted by molar-refractivity contribution is 9.10. The molecule has 0 saturated heterocycles. The molecule has 0 aliphatic heterocycles. The van der Waals surface area contributed by atoms with Crippen molar-refractivity contribution in [2.24, 2.45) is 5.73 Å². The molecule has 0 fully saturated rings. The second-order valence-corrected chi connectivity index (χ2v) is 5.61. The van der Waals surface area contributed by atoms with Crippen LogP contribution in [-0.4, -0.2) is 5.84 Å². The van der Waals surface area contributed by atoms with E-state index in [1.54, 1.807) is 12.1 Å². The van der Waals surface area contributed by atoms with Crippen molar-refractivity contribution < 1.29 is 4.74 Å². The van der Waals surface area contributed by atoms with E-state index in [0.29, 0.717) is 5.56 Å². The van der Waals surface area contributed by atoms with Crippen LogP contribution < -0.4 is 10.5 Å². The normalized spacial score (nSPS) is 10.5. The van der Waals surface area contributed by atoms with Gasteiger partial charge in [0.15, 0.2) is 0 Å². The number of ether oxygens (including phenoxy) is 1. The number of nitrogens with one attached hydrogen (secondary N) is 1. The van der Waals surface area contributed by atoms with Crippen LogP contribution in [0.4, 0.5) is 0 Å². The summed E-state index contributed by atoms with van der Waals surface area (Å²) >= 11 is 3.46. The first-order valence-electron chi connectivity index (χ1n) is 6.43. The van der Waals surface area contributed by atoms with Gasteiger partial charge in [0.2, 0.25) is 0 Å². The predicted octanol–water partition coefficient (Wildman–Crippen LogP) is 4.68. The van der Waals surface area contributed by atoms with Crippen LogP contribution in [0.2, 0.25) is 0 Å². The van der Waals surface area contributed by atoms with E-state index < -0.39 is 0 Å². The largest absolute Gasteiger partial charge is 0.457 e. The average molecular weight is 341 g/mol. The fourth-order valence-electron chi connectivity index (χ4n) is 2.10. The highest BCUT2D eigenvalue weighted by atomic mass is 79.9. The molecule has 21 heavy (non-hydrogen) atoms. The van der Waals surface area contributed by atoms with Gasteiger partial charge in [-0.3, -0.25) is 5.41 Å². The Morgan fingerprint density at radius 3 is 2.19 bits per heavy atom. The van der Waals surface area contributed by atoms with Crippen LogP contribution in [0.25, 0.3) is 10.8 Å². The molecule has 0 aliphatic rings. The van der Waals surface area contributed by atoms with Gasteiger partial charge in [0.1, 0.15) is 17.3 Å². The molecule has 0 radical (unpaired) electrons. The molecule has 0 heterocycles. The smallest absolute Gasteiger partial charge is 0.128 e. The van der Waals surface area contributed by atoms with Crippen molar-refractivity contribution in [2.45, 2.75) is 0 Å². The lowest BCUT2D eigenvalue weighted by molar-refractivity contribution is 0.483. The van der Waals surface area contributed by atoms with Crippen LogP contribution in [0, 0.1) is 5.41 Å². The molecule has 0 bridgehead atoms. The molecule has 3 aromatic carbocycles. The van der Waals surface area contributed by atoms with Crippen molar-refractivity contribution >= 4 is 32.5 Å². The summed E-state index contributed by atoms with van der Waals surface area (Å²) in [6, 6.07) is 19.3. The molecule has 3 N–H and O–H groups in total. The fraction of sp³-hybridized carbons (Fsp3) is 0. The Hall–Kier alpha value is -2.33. The van der Waals surface area contributed by atoms with E-state index in [1.807, 2.05) is 42.5 Å². The molecule has 3 nitrogen and oxygen atoms in total. The Labute approximate surface area is 131 Å². The van der Waals surface area contributed by atoms with Gasteiger partial charge in [-0.1, -0.05) is 28.1 Å². The standard InChI is InChI=1S/C17H13BrN2O/c18-14-5-1-13-10-16(8-4-12(13)9-14)21-15-6-2-11(3-7-15)17(19)20/h1-10H,(H3,19,20). The first kappa shape index (κ1) is 13.6. The van der Waals surface area contributed by atoms with Crippen LogP contribution in [-0.2, 0) is 0 Å². The van der Waals surface area contributed by atoms with Crippen molar-refractivity contribution in [1.82, 2.24) is 0 Å². The first-order chi connectivity index (χ1) is 10.1. The molecule has 0 aromatic heterocycles. The third-order valence-electron chi connectivity index (χ3n) is 3.17. The van der Waals surface area contributed by atoms with Gasteiger partial charge in [-0.2, -0.15) is 0 Å². The summed E-state index contributed by atoms with van der Waals surface area (Å²) in [5.74, 6) is 1.55. The van der Waals surface area contributed by atoms with Crippen LogP contribution in [0.5, 0.6) is 11.5 Å². The second kappa shape index (κ2) is 5.58. The highest BCUT2D eigenvalue weighted by Crippen LogP contribution is 2.27. The van der Waals surface area contributed by atoms with Crippen molar-refractivity contribution in [3.8, 4) is 11.5 Å². The Balaban J connectivity index is 1.87. The minimum atomic E-state index is 0.0535. The van der Waals surface area contributed by atoms with E-state index in [9.17, 15) is 0 Å². The molecular formula is C17H13BrN2O. The molecule has 0 spiro atoms. The van der Waals surface area contributed by atoms with E-state index in [-0.39, 0.29) is 5.84 Å². The van der Waals surface area contributed by atoms with Gasteiger partial charge in [0, 0.05) is 10.0 Å².